The van der Waals surface area contributed by atoms with Crippen molar-refractivity contribution in [3.8, 4) is 44.5 Å². The summed E-state index contributed by atoms with van der Waals surface area (Å²) in [4.78, 5) is 1.19. The van der Waals surface area contributed by atoms with Gasteiger partial charge in [0.2, 0.25) is 0 Å². The first-order chi connectivity index (χ1) is 30.7. The summed E-state index contributed by atoms with van der Waals surface area (Å²) in [7, 11) is 0. The summed E-state index contributed by atoms with van der Waals surface area (Å²) in [5, 5.41) is 3.50. The molecule has 1 nitrogen and oxygen atoms in total. The minimum absolute atomic E-state index is 0.0248. The standard InChI is InChI=1S/C50H35N/c1-3-12-36(13-4-1)37-22-29-43(30-23-37)51(44-31-24-41(25-32-44)47-21-11-18-38-16-7-9-19-46(38)47)45-33-26-42(27-34-45)50-48-20-10-8-17-40(48)28-35-49(50)39-14-5-2-6-15-39/h1-35H/i1D,3D,4D,12D,13D,22D,23D,26D,27D,29D,30D,33D,34D. The monoisotopic (exact) mass is 662 g/mol. The highest BCUT2D eigenvalue weighted by Gasteiger charge is 2.16. The van der Waals surface area contributed by atoms with Gasteiger partial charge < -0.3 is 4.90 Å². The number of nitrogens with zero attached hydrogens (tertiary/aromatic N) is 1. The van der Waals surface area contributed by atoms with E-state index in [4.69, 9.17) is 6.85 Å². The van der Waals surface area contributed by atoms with Crippen molar-refractivity contribution in [3.05, 3.63) is 212 Å². The van der Waals surface area contributed by atoms with E-state index < -0.39 is 95.4 Å². The molecule has 0 fully saturated rings. The van der Waals surface area contributed by atoms with Crippen molar-refractivity contribution < 1.29 is 17.8 Å². The highest BCUT2D eigenvalue weighted by atomic mass is 15.1. The van der Waals surface area contributed by atoms with Crippen LogP contribution in [-0.4, -0.2) is 0 Å². The Balaban J connectivity index is 1.33. The van der Waals surface area contributed by atoms with Crippen LogP contribution in [0.3, 0.4) is 0 Å². The summed E-state index contributed by atoms with van der Waals surface area (Å²) >= 11 is 0. The molecule has 9 aromatic carbocycles. The molecule has 0 aliphatic rings. The number of hydrogen-bond acceptors (Lipinski definition) is 1. The van der Waals surface area contributed by atoms with Crippen LogP contribution in [0.2, 0.25) is 0 Å². The zero-order chi connectivity index (χ0) is 45.3. The molecule has 51 heavy (non-hydrogen) atoms. The number of rotatable bonds is 7. The second-order valence-electron chi connectivity index (χ2n) is 11.9. The molecular weight excluding hydrogens is 615 g/mol. The Labute approximate surface area is 317 Å². The Hall–Kier alpha value is -6.70. The number of anilines is 3. The fraction of sp³-hybridized carbons (Fsp3) is 0. The molecule has 0 saturated carbocycles. The fourth-order valence-corrected chi connectivity index (χ4v) is 6.50. The van der Waals surface area contributed by atoms with Gasteiger partial charge in [0.25, 0.3) is 0 Å². The van der Waals surface area contributed by atoms with Gasteiger partial charge in [0, 0.05) is 17.1 Å². The average Bonchev–Trinajstić information content (AvgIpc) is 3.32. The quantitative estimate of drug-likeness (QED) is 0.164. The third kappa shape index (κ3) is 5.86. The van der Waals surface area contributed by atoms with Gasteiger partial charge >= 0.3 is 0 Å². The summed E-state index contributed by atoms with van der Waals surface area (Å²) in [6.07, 6.45) is 0. The van der Waals surface area contributed by atoms with Gasteiger partial charge in [-0.25, -0.2) is 0 Å². The van der Waals surface area contributed by atoms with Crippen LogP contribution in [-0.2, 0) is 0 Å². The summed E-state index contributed by atoms with van der Waals surface area (Å²) in [6, 6.07) is 33.1. The van der Waals surface area contributed by atoms with Gasteiger partial charge in [-0.05, 0) is 102 Å². The molecule has 0 bridgehead atoms. The third-order valence-electron chi connectivity index (χ3n) is 8.91. The molecule has 9 rings (SSSR count). The molecule has 0 N–H and O–H groups in total. The van der Waals surface area contributed by atoms with E-state index in [0.29, 0.717) is 16.5 Å². The predicted octanol–water partition coefficient (Wildman–Crippen LogP) is 14.1. The normalized spacial score (nSPS) is 14.7. The number of hydrogen-bond donors (Lipinski definition) is 0. The summed E-state index contributed by atoms with van der Waals surface area (Å²) in [5.74, 6) is 0. The van der Waals surface area contributed by atoms with Crippen LogP contribution in [0, 0.1) is 0 Å². The zero-order valence-electron chi connectivity index (χ0n) is 40.1. The van der Waals surface area contributed by atoms with Gasteiger partial charge in [0.15, 0.2) is 0 Å². The van der Waals surface area contributed by atoms with E-state index in [1.807, 2.05) is 109 Å². The van der Waals surface area contributed by atoms with Crippen LogP contribution in [0.1, 0.15) is 17.8 Å². The summed E-state index contributed by atoms with van der Waals surface area (Å²) in [6.45, 7) is 0. The number of fused-ring (bicyclic) bond motifs is 2. The van der Waals surface area contributed by atoms with E-state index in [9.17, 15) is 11.0 Å². The minimum atomic E-state index is -0.734. The van der Waals surface area contributed by atoms with Gasteiger partial charge in [-0.15, -0.1) is 0 Å². The predicted molar refractivity (Wildman–Crippen MR) is 218 cm³/mol. The molecule has 0 atom stereocenters. The van der Waals surface area contributed by atoms with Crippen molar-refractivity contribution in [1.29, 1.82) is 0 Å². The maximum Gasteiger partial charge on any atom is 0.0645 e. The Bertz CT molecular complexity index is 3280. The van der Waals surface area contributed by atoms with Gasteiger partial charge in [-0.1, -0.05) is 176 Å². The van der Waals surface area contributed by atoms with E-state index in [2.05, 4.69) is 0 Å². The first-order valence-electron chi connectivity index (χ1n) is 23.0. The minimum Gasteiger partial charge on any atom is -0.311 e. The second kappa shape index (κ2) is 13.3. The first kappa shape index (κ1) is 19.5. The highest BCUT2D eigenvalue weighted by molar-refractivity contribution is 6.04. The van der Waals surface area contributed by atoms with Gasteiger partial charge in [-0.2, -0.15) is 0 Å². The van der Waals surface area contributed by atoms with Gasteiger partial charge in [0.05, 0.1) is 17.8 Å². The molecule has 0 spiro atoms. The fourth-order valence-electron chi connectivity index (χ4n) is 6.50. The number of benzene rings is 9. The first-order valence-corrected chi connectivity index (χ1v) is 16.5. The van der Waals surface area contributed by atoms with Crippen LogP contribution in [0.5, 0.6) is 0 Å². The average molecular weight is 663 g/mol. The van der Waals surface area contributed by atoms with Crippen LogP contribution in [0.25, 0.3) is 66.1 Å². The van der Waals surface area contributed by atoms with E-state index >= 15 is 0 Å². The Morgan fingerprint density at radius 3 is 1.57 bits per heavy atom. The zero-order valence-corrected chi connectivity index (χ0v) is 27.1. The van der Waals surface area contributed by atoms with Crippen molar-refractivity contribution in [1.82, 2.24) is 0 Å². The lowest BCUT2D eigenvalue weighted by Crippen LogP contribution is -2.09. The molecular formula is C50H35N. The molecule has 0 saturated heterocycles. The molecule has 0 amide bonds. The maximum atomic E-state index is 9.69. The third-order valence-corrected chi connectivity index (χ3v) is 8.91. The summed E-state index contributed by atoms with van der Waals surface area (Å²) < 4.78 is 118. The Morgan fingerprint density at radius 1 is 0.314 bits per heavy atom. The molecule has 0 aromatic heterocycles. The lowest BCUT2D eigenvalue weighted by atomic mass is 9.89. The molecule has 0 aliphatic heterocycles. The van der Waals surface area contributed by atoms with Crippen molar-refractivity contribution in [3.63, 3.8) is 0 Å². The molecule has 9 aromatic rings. The smallest absolute Gasteiger partial charge is 0.0645 e. The molecule has 240 valence electrons. The van der Waals surface area contributed by atoms with E-state index in [1.54, 1.807) is 24.3 Å². The van der Waals surface area contributed by atoms with Crippen LogP contribution >= 0.6 is 0 Å². The molecule has 0 radical (unpaired) electrons. The molecule has 0 heterocycles. The van der Waals surface area contributed by atoms with Gasteiger partial charge in [0.1, 0.15) is 0 Å². The lowest BCUT2D eigenvalue weighted by molar-refractivity contribution is 1.28. The van der Waals surface area contributed by atoms with Crippen molar-refractivity contribution in [2.45, 2.75) is 0 Å². The lowest BCUT2D eigenvalue weighted by Gasteiger charge is -2.26. The topological polar surface area (TPSA) is 3.24 Å². The largest absolute Gasteiger partial charge is 0.311 e. The maximum absolute atomic E-state index is 9.69. The van der Waals surface area contributed by atoms with Crippen molar-refractivity contribution in [2.24, 2.45) is 0 Å². The second-order valence-corrected chi connectivity index (χ2v) is 11.9. The van der Waals surface area contributed by atoms with Gasteiger partial charge in [-0.3, -0.25) is 0 Å². The van der Waals surface area contributed by atoms with Crippen LogP contribution in [0.15, 0.2) is 212 Å². The molecule has 0 aliphatic carbocycles. The molecule has 0 unspecified atom stereocenters. The Kier molecular flexibility index (Phi) is 5.08. The SMILES string of the molecule is [2H]c1c([2H])c([2H])c(-c2c([2H])c([2H])c(N(c3ccc(-c4cccc5ccccc45)cc3)c3c([2H])c([2H])c(-c4c(-c5ccccc5)ccc5ccccc45)c([2H])c3[2H])c([2H])c2[2H])c([2H])c1[2H]. The van der Waals surface area contributed by atoms with E-state index in [1.165, 1.54) is 4.90 Å². The van der Waals surface area contributed by atoms with E-state index in [0.717, 1.165) is 32.8 Å². The highest BCUT2D eigenvalue weighted by Crippen LogP contribution is 2.41. The van der Waals surface area contributed by atoms with Crippen molar-refractivity contribution in [2.75, 3.05) is 4.90 Å². The van der Waals surface area contributed by atoms with E-state index in [-0.39, 0.29) is 16.9 Å². The molecule has 1 heteroatoms. The Morgan fingerprint density at radius 2 is 0.863 bits per heavy atom. The van der Waals surface area contributed by atoms with Crippen molar-refractivity contribution >= 4 is 38.6 Å². The summed E-state index contributed by atoms with van der Waals surface area (Å²) in [5.41, 5.74) is 2.02. The van der Waals surface area contributed by atoms with Crippen LogP contribution < -0.4 is 4.90 Å². The van der Waals surface area contributed by atoms with Crippen LogP contribution in [0.4, 0.5) is 17.1 Å².